The molecule has 0 atom stereocenters. The summed E-state index contributed by atoms with van der Waals surface area (Å²) in [5.41, 5.74) is -0.848. The molecule has 6 heteroatoms. The summed E-state index contributed by atoms with van der Waals surface area (Å²) in [4.78, 5) is 20.8. The van der Waals surface area contributed by atoms with Crippen molar-refractivity contribution in [1.82, 2.24) is 0 Å². The van der Waals surface area contributed by atoms with Crippen LogP contribution in [0.2, 0.25) is 0 Å². The van der Waals surface area contributed by atoms with Gasteiger partial charge in [-0.2, -0.15) is 5.26 Å². The largest absolute Gasteiger partial charge is 0.506 e. The number of phenols is 1. The molecular weight excluding hydrogens is 200 g/mol. The van der Waals surface area contributed by atoms with Gasteiger partial charge in [-0.3, -0.25) is 14.9 Å². The monoisotopic (exact) mass is 206 g/mol. The Hall–Kier alpha value is -2.42. The molecule has 0 aliphatic carbocycles. The van der Waals surface area contributed by atoms with Crippen molar-refractivity contribution >= 4 is 11.5 Å². The Morgan fingerprint density at radius 2 is 2.20 bits per heavy atom. The second-order valence-corrected chi connectivity index (χ2v) is 2.81. The fourth-order valence-electron chi connectivity index (χ4n) is 1.10. The lowest BCUT2D eigenvalue weighted by molar-refractivity contribution is -0.385. The van der Waals surface area contributed by atoms with Gasteiger partial charge in [-0.15, -0.1) is 0 Å². The van der Waals surface area contributed by atoms with Gasteiger partial charge in [-0.1, -0.05) is 0 Å². The second-order valence-electron chi connectivity index (χ2n) is 2.81. The van der Waals surface area contributed by atoms with E-state index in [1.165, 1.54) is 0 Å². The standard InChI is InChI=1S/C9H6N2O4/c1-5(12)7-2-6(4-10)9(13)3-8(7)11(14)15/h2-3,13H,1H3. The van der Waals surface area contributed by atoms with E-state index in [-0.39, 0.29) is 11.1 Å². The summed E-state index contributed by atoms with van der Waals surface area (Å²) in [5, 5.41) is 28.3. The molecule has 0 unspecified atom stereocenters. The van der Waals surface area contributed by atoms with Crippen LogP contribution in [-0.4, -0.2) is 15.8 Å². The molecule has 0 saturated carbocycles. The first kappa shape index (κ1) is 10.7. The van der Waals surface area contributed by atoms with Gasteiger partial charge in [0.05, 0.1) is 22.1 Å². The van der Waals surface area contributed by atoms with E-state index in [0.29, 0.717) is 0 Å². The molecule has 15 heavy (non-hydrogen) atoms. The van der Waals surface area contributed by atoms with Gasteiger partial charge < -0.3 is 5.11 Å². The summed E-state index contributed by atoms with van der Waals surface area (Å²) < 4.78 is 0. The molecule has 0 heterocycles. The van der Waals surface area contributed by atoms with Crippen LogP contribution in [-0.2, 0) is 0 Å². The fraction of sp³-hybridized carbons (Fsp3) is 0.111. The zero-order valence-corrected chi connectivity index (χ0v) is 7.72. The van der Waals surface area contributed by atoms with Crippen molar-refractivity contribution in [1.29, 1.82) is 5.26 Å². The number of nitrogens with zero attached hydrogens (tertiary/aromatic N) is 2. The number of Topliss-reactive ketones (excluding diaryl/α,β-unsaturated/α-hetero) is 1. The normalized spacial score (nSPS) is 9.33. The van der Waals surface area contributed by atoms with Crippen molar-refractivity contribution in [2.24, 2.45) is 0 Å². The number of ketones is 1. The van der Waals surface area contributed by atoms with Gasteiger partial charge in [-0.05, 0) is 13.0 Å². The first-order chi connectivity index (χ1) is 6.97. The molecule has 1 aromatic rings. The number of carbonyl (C=O) groups is 1. The Balaban J connectivity index is 3.54. The topological polar surface area (TPSA) is 104 Å². The maximum absolute atomic E-state index is 11.1. The molecule has 1 N–H and O–H groups in total. The van der Waals surface area contributed by atoms with Gasteiger partial charge in [0.1, 0.15) is 11.8 Å². The smallest absolute Gasteiger partial charge is 0.283 e. The minimum atomic E-state index is -0.780. The molecule has 0 fully saturated rings. The van der Waals surface area contributed by atoms with Gasteiger partial charge >= 0.3 is 0 Å². The fourth-order valence-corrected chi connectivity index (χ4v) is 1.10. The number of nitro benzene ring substituents is 1. The van der Waals surface area contributed by atoms with Crippen molar-refractivity contribution < 1.29 is 14.8 Å². The van der Waals surface area contributed by atoms with Crippen LogP contribution in [0.3, 0.4) is 0 Å². The SMILES string of the molecule is CC(=O)c1cc(C#N)c(O)cc1[N+](=O)[O-]. The first-order valence-corrected chi connectivity index (χ1v) is 3.89. The average Bonchev–Trinajstić information content (AvgIpc) is 2.16. The number of benzene rings is 1. The Morgan fingerprint density at radius 3 is 2.60 bits per heavy atom. The highest BCUT2D eigenvalue weighted by Crippen LogP contribution is 2.27. The number of carbonyl (C=O) groups excluding carboxylic acids is 1. The van der Waals surface area contributed by atoms with Crippen molar-refractivity contribution in [3.8, 4) is 11.8 Å². The van der Waals surface area contributed by atoms with E-state index in [4.69, 9.17) is 5.26 Å². The summed E-state index contributed by atoms with van der Waals surface area (Å²) in [6.07, 6.45) is 0. The van der Waals surface area contributed by atoms with Crippen LogP contribution in [0.5, 0.6) is 5.75 Å². The second kappa shape index (κ2) is 3.75. The van der Waals surface area contributed by atoms with E-state index in [9.17, 15) is 20.0 Å². The molecule has 0 bridgehead atoms. The lowest BCUT2D eigenvalue weighted by Crippen LogP contribution is -2.00. The predicted molar refractivity (Wildman–Crippen MR) is 49.5 cm³/mol. The Labute approximate surface area is 84.5 Å². The van der Waals surface area contributed by atoms with E-state index < -0.39 is 22.1 Å². The van der Waals surface area contributed by atoms with Crippen LogP contribution < -0.4 is 0 Å². The number of nitriles is 1. The summed E-state index contributed by atoms with van der Waals surface area (Å²) in [5.74, 6) is -1.03. The Bertz CT molecular complexity index is 488. The highest BCUT2D eigenvalue weighted by atomic mass is 16.6. The van der Waals surface area contributed by atoms with Crippen molar-refractivity contribution in [2.75, 3.05) is 0 Å². The van der Waals surface area contributed by atoms with Crippen LogP contribution in [0.4, 0.5) is 5.69 Å². The van der Waals surface area contributed by atoms with E-state index in [2.05, 4.69) is 0 Å². The Morgan fingerprint density at radius 1 is 1.60 bits per heavy atom. The zero-order chi connectivity index (χ0) is 11.6. The average molecular weight is 206 g/mol. The lowest BCUT2D eigenvalue weighted by atomic mass is 10.1. The van der Waals surface area contributed by atoms with Crippen molar-refractivity contribution in [3.63, 3.8) is 0 Å². The van der Waals surface area contributed by atoms with Crippen molar-refractivity contribution in [2.45, 2.75) is 6.92 Å². The quantitative estimate of drug-likeness (QED) is 0.447. The molecule has 0 spiro atoms. The molecule has 0 aliphatic heterocycles. The van der Waals surface area contributed by atoms with Crippen LogP contribution >= 0.6 is 0 Å². The highest BCUT2D eigenvalue weighted by molar-refractivity contribution is 5.98. The highest BCUT2D eigenvalue weighted by Gasteiger charge is 2.20. The van der Waals surface area contributed by atoms with E-state index >= 15 is 0 Å². The molecule has 76 valence electrons. The number of rotatable bonds is 2. The predicted octanol–water partition coefficient (Wildman–Crippen LogP) is 1.37. The number of aromatic hydroxyl groups is 1. The minimum Gasteiger partial charge on any atom is -0.506 e. The van der Waals surface area contributed by atoms with E-state index in [1.54, 1.807) is 6.07 Å². The third kappa shape index (κ3) is 1.91. The summed E-state index contributed by atoms with van der Waals surface area (Å²) in [6.45, 7) is 1.15. The van der Waals surface area contributed by atoms with Gasteiger partial charge in [0.2, 0.25) is 0 Å². The van der Waals surface area contributed by atoms with E-state index in [1.807, 2.05) is 0 Å². The molecule has 0 aromatic heterocycles. The molecule has 6 nitrogen and oxygen atoms in total. The third-order valence-electron chi connectivity index (χ3n) is 1.81. The van der Waals surface area contributed by atoms with Crippen molar-refractivity contribution in [3.05, 3.63) is 33.4 Å². The van der Waals surface area contributed by atoms with Crippen LogP contribution in [0.1, 0.15) is 22.8 Å². The zero-order valence-electron chi connectivity index (χ0n) is 7.72. The van der Waals surface area contributed by atoms with Gasteiger partial charge in [0, 0.05) is 0 Å². The lowest BCUT2D eigenvalue weighted by Gasteiger charge is -2.01. The summed E-state index contributed by atoms with van der Waals surface area (Å²) in [7, 11) is 0. The number of nitro groups is 1. The molecule has 1 rings (SSSR count). The van der Waals surface area contributed by atoms with E-state index in [0.717, 1.165) is 19.1 Å². The third-order valence-corrected chi connectivity index (χ3v) is 1.81. The van der Waals surface area contributed by atoms with Crippen LogP contribution in [0.15, 0.2) is 12.1 Å². The van der Waals surface area contributed by atoms with Crippen LogP contribution in [0, 0.1) is 21.4 Å². The van der Waals surface area contributed by atoms with Gasteiger partial charge in [0.25, 0.3) is 5.69 Å². The van der Waals surface area contributed by atoms with Crippen LogP contribution in [0.25, 0.3) is 0 Å². The summed E-state index contributed by atoms with van der Waals surface area (Å²) in [6, 6.07) is 3.44. The van der Waals surface area contributed by atoms with Gasteiger partial charge in [0.15, 0.2) is 5.78 Å². The molecule has 0 radical (unpaired) electrons. The van der Waals surface area contributed by atoms with Gasteiger partial charge in [-0.25, -0.2) is 0 Å². The molecule has 0 saturated heterocycles. The maximum Gasteiger partial charge on any atom is 0.283 e. The Kier molecular flexibility index (Phi) is 2.67. The number of hydrogen-bond acceptors (Lipinski definition) is 5. The minimum absolute atomic E-state index is 0.161. The maximum atomic E-state index is 11.1. The number of phenolic OH excluding ortho intramolecular Hbond substituents is 1. The summed E-state index contributed by atoms with van der Waals surface area (Å²) >= 11 is 0. The molecule has 0 aliphatic rings. The molecular formula is C9H6N2O4. The number of hydrogen-bond donors (Lipinski definition) is 1. The molecule has 1 aromatic carbocycles. The molecule has 0 amide bonds. The first-order valence-electron chi connectivity index (χ1n) is 3.89.